The van der Waals surface area contributed by atoms with Gasteiger partial charge < -0.3 is 9.64 Å². The molecule has 10 aromatic rings. The fourth-order valence-corrected chi connectivity index (χ4v) is 14.8. The molecule has 0 bridgehead atoms. The average Bonchev–Trinajstić information content (AvgIpc) is 3.57. The predicted molar refractivity (Wildman–Crippen MR) is 264 cm³/mol. The topological polar surface area (TPSA) is 12.5 Å². The van der Waals surface area contributed by atoms with Crippen molar-refractivity contribution in [3.8, 4) is 22.6 Å². The molecular weight excluding hydrogens is 767 g/mol. The van der Waals surface area contributed by atoms with Crippen LogP contribution in [0, 0.1) is 0 Å². The van der Waals surface area contributed by atoms with Crippen LogP contribution in [-0.4, -0.2) is 8.07 Å². The quantitative estimate of drug-likeness (QED) is 0.0775. The van der Waals surface area contributed by atoms with Gasteiger partial charge in [0.25, 0.3) is 0 Å². The number of hydrogen-bond acceptors (Lipinski definition) is 2. The lowest BCUT2D eigenvalue weighted by atomic mass is 9.81. The highest BCUT2D eigenvalue weighted by molar-refractivity contribution is 7.19. The lowest BCUT2D eigenvalue weighted by molar-refractivity contribution is 0.483. The summed E-state index contributed by atoms with van der Waals surface area (Å²) in [6.45, 7) is 4.74. The molecule has 296 valence electrons. The van der Waals surface area contributed by atoms with E-state index in [-0.39, 0.29) is 5.41 Å². The zero-order valence-electron chi connectivity index (χ0n) is 34.9. The van der Waals surface area contributed by atoms with Crippen molar-refractivity contribution in [3.63, 3.8) is 0 Å². The van der Waals surface area contributed by atoms with E-state index in [4.69, 9.17) is 4.74 Å². The van der Waals surface area contributed by atoms with Gasteiger partial charge in [-0.1, -0.05) is 190 Å². The Morgan fingerprint density at radius 3 is 1.37 bits per heavy atom. The van der Waals surface area contributed by atoms with Gasteiger partial charge in [-0.25, -0.2) is 0 Å². The summed E-state index contributed by atoms with van der Waals surface area (Å²) in [5.74, 6) is 1.62. The highest BCUT2D eigenvalue weighted by atomic mass is 28.3. The fourth-order valence-electron chi connectivity index (χ4n) is 10.0. The first-order valence-electron chi connectivity index (χ1n) is 21.5. The zero-order valence-corrected chi connectivity index (χ0v) is 35.9. The van der Waals surface area contributed by atoms with Crippen molar-refractivity contribution in [1.29, 1.82) is 0 Å². The van der Waals surface area contributed by atoms with E-state index in [1.165, 1.54) is 64.5 Å². The third kappa shape index (κ3) is 6.24. The minimum Gasteiger partial charge on any atom is -0.457 e. The summed E-state index contributed by atoms with van der Waals surface area (Å²) in [4.78, 5) is 2.39. The molecule has 0 heterocycles. The molecule has 0 N–H and O–H groups in total. The lowest BCUT2D eigenvalue weighted by Gasteiger charge is -2.34. The van der Waals surface area contributed by atoms with Crippen LogP contribution in [0.1, 0.15) is 25.0 Å². The van der Waals surface area contributed by atoms with Crippen molar-refractivity contribution in [3.05, 3.63) is 248 Å². The molecule has 3 heteroatoms. The molecule has 2 nitrogen and oxygen atoms in total. The molecule has 0 aliphatic heterocycles. The second-order valence-electron chi connectivity index (χ2n) is 16.9. The van der Waals surface area contributed by atoms with Crippen molar-refractivity contribution >= 4 is 67.4 Å². The lowest BCUT2D eigenvalue weighted by Crippen LogP contribution is -2.74. The highest BCUT2D eigenvalue weighted by Crippen LogP contribution is 2.51. The van der Waals surface area contributed by atoms with Gasteiger partial charge >= 0.3 is 0 Å². The molecule has 0 atom stereocenters. The summed E-state index contributed by atoms with van der Waals surface area (Å²) in [5.41, 5.74) is 8.28. The Kier molecular flexibility index (Phi) is 9.21. The molecule has 10 aromatic carbocycles. The Labute approximate surface area is 365 Å². The second-order valence-corrected chi connectivity index (χ2v) is 20.7. The van der Waals surface area contributed by atoms with E-state index in [0.717, 1.165) is 28.6 Å². The van der Waals surface area contributed by atoms with Gasteiger partial charge in [-0.05, 0) is 125 Å². The summed E-state index contributed by atoms with van der Waals surface area (Å²) in [6.07, 6.45) is 0. The number of hydrogen-bond donors (Lipinski definition) is 0. The molecule has 0 aromatic heterocycles. The van der Waals surface area contributed by atoms with E-state index in [1.807, 2.05) is 30.3 Å². The Morgan fingerprint density at radius 2 is 0.806 bits per heavy atom. The van der Waals surface area contributed by atoms with Crippen LogP contribution in [0.2, 0.25) is 0 Å². The van der Waals surface area contributed by atoms with Crippen LogP contribution in [0.25, 0.3) is 32.7 Å². The monoisotopic (exact) mass is 811 g/mol. The number of benzene rings is 10. The molecule has 0 amide bonds. The standard InChI is InChI=1S/C59H45NOSi/c1-59(2)55-25-15-16-44-26-27-45-40-48(41-56(59)58(45)57(44)55)60(47-34-36-50(37-35-47)61-49-17-7-3-8-18-49)46-32-28-42(29-33-46)43-30-38-54(39-31-43)62(51-19-9-4-10-20-51,52-21-11-5-12-22-52)53-23-13-6-14-24-53/h3-41H,1-2H3. The van der Waals surface area contributed by atoms with Crippen molar-refractivity contribution in [1.82, 2.24) is 0 Å². The van der Waals surface area contributed by atoms with Gasteiger partial charge in [-0.2, -0.15) is 0 Å². The minimum atomic E-state index is -2.61. The van der Waals surface area contributed by atoms with Crippen LogP contribution in [0.3, 0.4) is 0 Å². The predicted octanol–water partition coefficient (Wildman–Crippen LogP) is 12.9. The average molecular weight is 812 g/mol. The van der Waals surface area contributed by atoms with Gasteiger partial charge in [0, 0.05) is 22.5 Å². The van der Waals surface area contributed by atoms with Crippen LogP contribution in [0.4, 0.5) is 17.1 Å². The largest absolute Gasteiger partial charge is 0.457 e. The maximum atomic E-state index is 6.24. The fraction of sp³-hybridized carbons (Fsp3) is 0.0508. The smallest absolute Gasteiger partial charge is 0.179 e. The zero-order chi connectivity index (χ0) is 41.7. The Morgan fingerprint density at radius 1 is 0.355 bits per heavy atom. The van der Waals surface area contributed by atoms with E-state index >= 15 is 0 Å². The van der Waals surface area contributed by atoms with Crippen LogP contribution in [0.5, 0.6) is 11.5 Å². The first-order chi connectivity index (χ1) is 30.5. The van der Waals surface area contributed by atoms with Crippen LogP contribution < -0.4 is 30.4 Å². The van der Waals surface area contributed by atoms with E-state index in [0.29, 0.717) is 0 Å². The molecular formula is C59H45NOSi. The summed E-state index contributed by atoms with van der Waals surface area (Å²) >= 11 is 0. The van der Waals surface area contributed by atoms with Gasteiger partial charge in [0.2, 0.25) is 0 Å². The Balaban J connectivity index is 0.997. The number of ether oxygens (including phenoxy) is 1. The molecule has 0 saturated carbocycles. The van der Waals surface area contributed by atoms with Crippen molar-refractivity contribution < 1.29 is 4.74 Å². The number of rotatable bonds is 10. The maximum absolute atomic E-state index is 6.24. The minimum absolute atomic E-state index is 0.130. The molecule has 11 rings (SSSR count). The molecule has 1 aliphatic rings. The number of anilines is 3. The van der Waals surface area contributed by atoms with Gasteiger partial charge in [0.05, 0.1) is 0 Å². The van der Waals surface area contributed by atoms with E-state index < -0.39 is 8.07 Å². The van der Waals surface area contributed by atoms with Crippen molar-refractivity contribution in [2.45, 2.75) is 19.3 Å². The summed E-state index contributed by atoms with van der Waals surface area (Å²) in [7, 11) is -2.61. The van der Waals surface area contributed by atoms with Gasteiger partial charge in [-0.3, -0.25) is 0 Å². The number of para-hydroxylation sites is 1. The first-order valence-corrected chi connectivity index (χ1v) is 23.5. The van der Waals surface area contributed by atoms with Crippen molar-refractivity contribution in [2.75, 3.05) is 4.90 Å². The molecule has 0 spiro atoms. The van der Waals surface area contributed by atoms with E-state index in [9.17, 15) is 0 Å². The summed E-state index contributed by atoms with van der Waals surface area (Å²) < 4.78 is 6.24. The third-order valence-corrected chi connectivity index (χ3v) is 17.8. The maximum Gasteiger partial charge on any atom is 0.179 e. The van der Waals surface area contributed by atoms with Gasteiger partial charge in [0.1, 0.15) is 11.5 Å². The second kappa shape index (κ2) is 15.2. The van der Waals surface area contributed by atoms with Crippen LogP contribution >= 0.6 is 0 Å². The molecule has 0 radical (unpaired) electrons. The van der Waals surface area contributed by atoms with E-state index in [2.05, 4.69) is 225 Å². The van der Waals surface area contributed by atoms with Gasteiger partial charge in [0.15, 0.2) is 8.07 Å². The molecule has 0 unspecified atom stereocenters. The van der Waals surface area contributed by atoms with E-state index in [1.54, 1.807) is 0 Å². The van der Waals surface area contributed by atoms with Gasteiger partial charge in [-0.15, -0.1) is 0 Å². The van der Waals surface area contributed by atoms with Crippen LogP contribution in [0.15, 0.2) is 237 Å². The Hall–Kier alpha value is -7.46. The SMILES string of the molecule is CC1(C)c2cccc3ccc4cc(N(c5ccc(Oc6ccccc6)cc5)c5ccc(-c6ccc([Si](c7ccccc7)(c7ccccc7)c7ccccc7)cc6)cc5)cc1c4c23. The normalized spacial score (nSPS) is 12.8. The number of nitrogens with zero attached hydrogens (tertiary/aromatic N) is 1. The first kappa shape index (κ1) is 37.5. The Bertz CT molecular complexity index is 3090. The molecule has 0 fully saturated rings. The van der Waals surface area contributed by atoms with Crippen LogP contribution in [-0.2, 0) is 5.41 Å². The highest BCUT2D eigenvalue weighted by Gasteiger charge is 2.41. The summed E-state index contributed by atoms with van der Waals surface area (Å²) in [5, 5.41) is 10.8. The summed E-state index contributed by atoms with van der Waals surface area (Å²) in [6, 6.07) is 86.3. The third-order valence-electron chi connectivity index (χ3n) is 13.0. The molecule has 0 saturated heterocycles. The molecule has 1 aliphatic carbocycles. The van der Waals surface area contributed by atoms with Crippen molar-refractivity contribution in [2.24, 2.45) is 0 Å². The molecule has 62 heavy (non-hydrogen) atoms.